The molecule has 1 aliphatic rings. The first-order chi connectivity index (χ1) is 14.7. The van der Waals surface area contributed by atoms with Crippen molar-refractivity contribution in [1.82, 2.24) is 0 Å². The van der Waals surface area contributed by atoms with Crippen LogP contribution in [0.3, 0.4) is 0 Å². The van der Waals surface area contributed by atoms with E-state index >= 15 is 0 Å². The number of carbonyl (C=O) groups excluding carboxylic acids is 1. The number of carbonyl (C=O) groups is 1. The van der Waals surface area contributed by atoms with Gasteiger partial charge in [0.25, 0.3) is 0 Å². The topological polar surface area (TPSA) is 47.6 Å². The van der Waals surface area contributed by atoms with Gasteiger partial charge in [0.2, 0.25) is 5.91 Å². The van der Waals surface area contributed by atoms with Crippen molar-refractivity contribution < 1.29 is 14.3 Å². The number of anilines is 1. The zero-order valence-corrected chi connectivity index (χ0v) is 17.7. The molecule has 0 spiro atoms. The van der Waals surface area contributed by atoms with Crippen molar-refractivity contribution >= 4 is 22.4 Å². The van der Waals surface area contributed by atoms with E-state index in [1.54, 1.807) is 7.11 Å². The Hall–Kier alpha value is -3.01. The predicted octanol–water partition coefficient (Wildman–Crippen LogP) is 6.09. The lowest BCUT2D eigenvalue weighted by atomic mass is 9.68. The summed E-state index contributed by atoms with van der Waals surface area (Å²) < 4.78 is 11.1. The third-order valence-electron chi connectivity index (χ3n) is 6.22. The minimum absolute atomic E-state index is 0.0710. The average Bonchev–Trinajstić information content (AvgIpc) is 2.81. The minimum atomic E-state index is -0.510. The van der Waals surface area contributed by atoms with Crippen LogP contribution in [-0.2, 0) is 10.2 Å². The van der Waals surface area contributed by atoms with E-state index in [4.69, 9.17) is 9.47 Å². The highest BCUT2D eigenvalue weighted by atomic mass is 16.5. The lowest BCUT2D eigenvalue weighted by Crippen LogP contribution is -2.42. The largest absolute Gasteiger partial charge is 0.497 e. The first-order valence-corrected chi connectivity index (χ1v) is 10.8. The van der Waals surface area contributed by atoms with Gasteiger partial charge in [-0.1, -0.05) is 55.7 Å². The van der Waals surface area contributed by atoms with Gasteiger partial charge >= 0.3 is 0 Å². The lowest BCUT2D eigenvalue weighted by molar-refractivity contribution is -0.122. The number of methoxy groups -OCH3 is 1. The molecule has 0 unspecified atom stereocenters. The van der Waals surface area contributed by atoms with E-state index in [1.807, 2.05) is 67.6 Å². The highest BCUT2D eigenvalue weighted by Gasteiger charge is 2.41. The van der Waals surface area contributed by atoms with E-state index < -0.39 is 5.41 Å². The number of fused-ring (bicyclic) bond motifs is 1. The van der Waals surface area contributed by atoms with Crippen LogP contribution in [0.5, 0.6) is 11.5 Å². The smallest absolute Gasteiger partial charge is 0.235 e. The molecule has 1 N–H and O–H groups in total. The summed E-state index contributed by atoms with van der Waals surface area (Å²) in [7, 11) is 1.66. The van der Waals surface area contributed by atoms with Crippen molar-refractivity contribution in [3.63, 3.8) is 0 Å². The number of rotatable bonds is 6. The van der Waals surface area contributed by atoms with Crippen molar-refractivity contribution in [2.75, 3.05) is 19.0 Å². The first kappa shape index (κ1) is 20.3. The highest BCUT2D eigenvalue weighted by Crippen LogP contribution is 2.42. The van der Waals surface area contributed by atoms with Crippen molar-refractivity contribution in [2.45, 2.75) is 44.4 Å². The Bertz CT molecular complexity index is 1020. The fraction of sp³-hybridized carbons (Fsp3) is 0.346. The molecule has 0 atom stereocenters. The Morgan fingerprint density at radius 1 is 0.933 bits per heavy atom. The molecule has 3 aromatic rings. The van der Waals surface area contributed by atoms with Gasteiger partial charge in [0.15, 0.2) is 0 Å². The second-order valence-electron chi connectivity index (χ2n) is 7.92. The predicted molar refractivity (Wildman–Crippen MR) is 122 cm³/mol. The zero-order valence-electron chi connectivity index (χ0n) is 17.7. The third kappa shape index (κ3) is 3.74. The Kier molecular flexibility index (Phi) is 5.93. The van der Waals surface area contributed by atoms with Crippen LogP contribution in [0.15, 0.2) is 60.7 Å². The maximum atomic E-state index is 13.7. The molecule has 1 aliphatic carbocycles. The Morgan fingerprint density at radius 3 is 2.30 bits per heavy atom. The third-order valence-corrected chi connectivity index (χ3v) is 6.22. The summed E-state index contributed by atoms with van der Waals surface area (Å²) >= 11 is 0. The molecule has 0 aromatic heterocycles. The molecular formula is C26H29NO3. The summed E-state index contributed by atoms with van der Waals surface area (Å²) in [5, 5.41) is 5.28. The van der Waals surface area contributed by atoms with Crippen LogP contribution in [0, 0.1) is 0 Å². The summed E-state index contributed by atoms with van der Waals surface area (Å²) in [4.78, 5) is 13.7. The monoisotopic (exact) mass is 403 g/mol. The quantitative estimate of drug-likeness (QED) is 0.542. The second-order valence-corrected chi connectivity index (χ2v) is 7.92. The van der Waals surface area contributed by atoms with E-state index in [9.17, 15) is 4.79 Å². The van der Waals surface area contributed by atoms with Crippen LogP contribution in [0.1, 0.15) is 44.6 Å². The SMILES string of the molecule is CCOc1ccc(NC(=O)C2(c3ccc(OC)cc3)CCCCC2)c2ccccc12. The fourth-order valence-electron chi connectivity index (χ4n) is 4.62. The number of benzene rings is 3. The van der Waals surface area contributed by atoms with Gasteiger partial charge in [0.1, 0.15) is 11.5 Å². The molecule has 1 saturated carbocycles. The van der Waals surface area contributed by atoms with Crippen molar-refractivity contribution in [3.8, 4) is 11.5 Å². The molecule has 0 aliphatic heterocycles. The molecule has 0 bridgehead atoms. The Morgan fingerprint density at radius 2 is 1.63 bits per heavy atom. The van der Waals surface area contributed by atoms with E-state index in [-0.39, 0.29) is 5.91 Å². The molecule has 1 amide bonds. The molecule has 3 aromatic carbocycles. The molecule has 30 heavy (non-hydrogen) atoms. The van der Waals surface area contributed by atoms with Crippen molar-refractivity contribution in [3.05, 3.63) is 66.2 Å². The normalized spacial score (nSPS) is 15.5. The van der Waals surface area contributed by atoms with E-state index in [1.165, 1.54) is 6.42 Å². The van der Waals surface area contributed by atoms with Crippen LogP contribution >= 0.6 is 0 Å². The first-order valence-electron chi connectivity index (χ1n) is 10.8. The second kappa shape index (κ2) is 8.78. The van der Waals surface area contributed by atoms with Gasteiger partial charge in [-0.05, 0) is 49.6 Å². The number of ether oxygens (including phenoxy) is 2. The molecule has 0 radical (unpaired) electrons. The van der Waals surface area contributed by atoms with Crippen LogP contribution in [0.2, 0.25) is 0 Å². The molecule has 156 valence electrons. The van der Waals surface area contributed by atoms with E-state index in [2.05, 4.69) is 5.32 Å². The number of hydrogen-bond acceptors (Lipinski definition) is 3. The van der Waals surface area contributed by atoms with Gasteiger partial charge in [-0.15, -0.1) is 0 Å². The Labute approximate surface area is 178 Å². The number of hydrogen-bond donors (Lipinski definition) is 1. The highest BCUT2D eigenvalue weighted by molar-refractivity contribution is 6.07. The number of amides is 1. The van der Waals surface area contributed by atoms with Gasteiger partial charge in [0.05, 0.1) is 19.1 Å². The summed E-state index contributed by atoms with van der Waals surface area (Å²) in [5.74, 6) is 1.72. The van der Waals surface area contributed by atoms with Crippen LogP contribution in [-0.4, -0.2) is 19.6 Å². The van der Waals surface area contributed by atoms with Crippen LogP contribution < -0.4 is 14.8 Å². The summed E-state index contributed by atoms with van der Waals surface area (Å²) in [5.41, 5.74) is 1.39. The van der Waals surface area contributed by atoms with E-state index in [0.29, 0.717) is 6.61 Å². The summed E-state index contributed by atoms with van der Waals surface area (Å²) in [6.45, 7) is 2.59. The van der Waals surface area contributed by atoms with Gasteiger partial charge in [-0.25, -0.2) is 0 Å². The minimum Gasteiger partial charge on any atom is -0.497 e. The van der Waals surface area contributed by atoms with Crippen molar-refractivity contribution in [1.29, 1.82) is 0 Å². The summed E-state index contributed by atoms with van der Waals surface area (Å²) in [6, 6.07) is 19.9. The maximum absolute atomic E-state index is 13.7. The van der Waals surface area contributed by atoms with Crippen LogP contribution in [0.4, 0.5) is 5.69 Å². The summed E-state index contributed by atoms with van der Waals surface area (Å²) in [6.07, 6.45) is 5.02. The molecule has 0 heterocycles. The van der Waals surface area contributed by atoms with Gasteiger partial charge < -0.3 is 14.8 Å². The standard InChI is InChI=1S/C26H29NO3/c1-3-30-24-16-15-23(21-9-5-6-10-22(21)24)27-25(28)26(17-7-4-8-18-26)19-11-13-20(29-2)14-12-19/h5-6,9-16H,3-4,7-8,17-18H2,1-2H3,(H,27,28). The van der Waals surface area contributed by atoms with Crippen molar-refractivity contribution in [2.24, 2.45) is 0 Å². The molecule has 4 nitrogen and oxygen atoms in total. The number of nitrogens with one attached hydrogen (secondary N) is 1. The molecule has 4 rings (SSSR count). The molecular weight excluding hydrogens is 374 g/mol. The average molecular weight is 404 g/mol. The van der Waals surface area contributed by atoms with E-state index in [0.717, 1.165) is 59.2 Å². The van der Waals surface area contributed by atoms with Gasteiger partial charge in [-0.3, -0.25) is 4.79 Å². The maximum Gasteiger partial charge on any atom is 0.235 e. The zero-order chi connectivity index (χ0) is 21.0. The fourth-order valence-corrected chi connectivity index (χ4v) is 4.62. The molecule has 4 heteroatoms. The molecule has 0 saturated heterocycles. The lowest BCUT2D eigenvalue weighted by Gasteiger charge is -2.36. The van der Waals surface area contributed by atoms with Crippen LogP contribution in [0.25, 0.3) is 10.8 Å². The van der Waals surface area contributed by atoms with Gasteiger partial charge in [0, 0.05) is 16.5 Å². The molecule has 1 fully saturated rings. The Balaban J connectivity index is 1.70. The van der Waals surface area contributed by atoms with Gasteiger partial charge in [-0.2, -0.15) is 0 Å².